The zero-order valence-corrected chi connectivity index (χ0v) is 6.68. The number of carbonyl (C=O) groups excluding carboxylic acids is 1. The third-order valence-electron chi connectivity index (χ3n) is 1.48. The molecule has 0 atom stereocenters. The summed E-state index contributed by atoms with van der Waals surface area (Å²) in [5.74, 6) is -0.628. The molecule has 1 rings (SSSR count). The third kappa shape index (κ3) is 1.87. The molecule has 5 nitrogen and oxygen atoms in total. The molecule has 0 radical (unpaired) electrons. The predicted octanol–water partition coefficient (Wildman–Crippen LogP) is 1.74. The van der Waals surface area contributed by atoms with Crippen LogP contribution in [0, 0.1) is 10.1 Å². The summed E-state index contributed by atoms with van der Waals surface area (Å²) < 4.78 is 24.4. The lowest BCUT2D eigenvalue weighted by molar-refractivity contribution is -0.389. The number of hydrogen-bond donors (Lipinski definition) is 0. The van der Waals surface area contributed by atoms with Crippen molar-refractivity contribution in [2.24, 2.45) is 0 Å². The van der Waals surface area contributed by atoms with Crippen molar-refractivity contribution in [3.8, 4) is 0 Å². The van der Waals surface area contributed by atoms with Crippen LogP contribution in [-0.2, 0) is 0 Å². The largest absolute Gasteiger partial charge is 0.364 e. The van der Waals surface area contributed by atoms with E-state index < -0.39 is 28.4 Å². The van der Waals surface area contributed by atoms with Crippen molar-refractivity contribution in [1.29, 1.82) is 0 Å². The zero-order chi connectivity index (χ0) is 10.7. The first-order valence-electron chi connectivity index (χ1n) is 3.45. The van der Waals surface area contributed by atoms with Crippen molar-refractivity contribution in [2.75, 3.05) is 0 Å². The van der Waals surface area contributed by atoms with E-state index in [2.05, 4.69) is 4.98 Å². The van der Waals surface area contributed by atoms with Gasteiger partial charge in [-0.05, 0) is 16.0 Å². The molecule has 1 aromatic rings. The Hall–Kier alpha value is -1.92. The molecule has 0 aliphatic rings. The fraction of sp³-hybridized carbons (Fsp3) is 0.143. The Morgan fingerprint density at radius 1 is 1.50 bits per heavy atom. The first-order chi connectivity index (χ1) is 6.56. The normalized spacial score (nSPS) is 10.2. The number of aromatic nitrogens is 1. The second kappa shape index (κ2) is 3.86. The molecule has 0 aromatic carbocycles. The van der Waals surface area contributed by atoms with Gasteiger partial charge in [-0.2, -0.15) is 0 Å². The Morgan fingerprint density at radius 2 is 2.14 bits per heavy atom. The molecule has 0 bridgehead atoms. The van der Waals surface area contributed by atoms with Gasteiger partial charge in [0.2, 0.25) is 5.69 Å². The summed E-state index contributed by atoms with van der Waals surface area (Å²) >= 11 is 0. The van der Waals surface area contributed by atoms with E-state index >= 15 is 0 Å². The number of carbonyl (C=O) groups is 1. The van der Waals surface area contributed by atoms with Crippen LogP contribution in [0.4, 0.5) is 14.6 Å². The van der Waals surface area contributed by atoms with Gasteiger partial charge >= 0.3 is 5.82 Å². The Morgan fingerprint density at radius 3 is 2.57 bits per heavy atom. The highest BCUT2D eigenvalue weighted by atomic mass is 19.3. The van der Waals surface area contributed by atoms with E-state index in [1.807, 2.05) is 0 Å². The molecule has 1 aromatic heterocycles. The van der Waals surface area contributed by atoms with E-state index in [4.69, 9.17) is 0 Å². The van der Waals surface area contributed by atoms with Gasteiger partial charge in [0, 0.05) is 6.07 Å². The van der Waals surface area contributed by atoms with Crippen molar-refractivity contribution in [3.63, 3.8) is 0 Å². The average Bonchev–Trinajstić information content (AvgIpc) is 2.16. The van der Waals surface area contributed by atoms with E-state index in [1.165, 1.54) is 0 Å². The molecule has 0 saturated carbocycles. The van der Waals surface area contributed by atoms with E-state index in [-0.39, 0.29) is 6.29 Å². The van der Waals surface area contributed by atoms with E-state index in [0.717, 1.165) is 12.1 Å². The van der Waals surface area contributed by atoms with Crippen LogP contribution in [0.15, 0.2) is 12.1 Å². The Bertz CT molecular complexity index is 381. The summed E-state index contributed by atoms with van der Waals surface area (Å²) in [5, 5.41) is 10.2. The van der Waals surface area contributed by atoms with Crippen molar-refractivity contribution >= 4 is 12.1 Å². The predicted molar refractivity (Wildman–Crippen MR) is 41.2 cm³/mol. The second-order valence-corrected chi connectivity index (χ2v) is 2.32. The highest BCUT2D eigenvalue weighted by Crippen LogP contribution is 2.22. The molecule has 14 heavy (non-hydrogen) atoms. The molecule has 7 heteroatoms. The summed E-state index contributed by atoms with van der Waals surface area (Å²) in [7, 11) is 0. The fourth-order valence-electron chi connectivity index (χ4n) is 0.856. The second-order valence-electron chi connectivity index (χ2n) is 2.32. The standard InChI is InChI=1S/C7H4F2N2O3/c8-7(9)4-1-2-6(11(13)14)10-5(4)3-12/h1-3,7H. The van der Waals surface area contributed by atoms with Crippen molar-refractivity contribution in [2.45, 2.75) is 6.43 Å². The van der Waals surface area contributed by atoms with Gasteiger partial charge in [0.1, 0.15) is 0 Å². The molecule has 0 N–H and O–H groups in total. The summed E-state index contributed by atoms with van der Waals surface area (Å²) in [4.78, 5) is 22.8. The molecular formula is C7H4F2N2O3. The SMILES string of the molecule is O=Cc1nc([N+](=O)[O-])ccc1C(F)F. The van der Waals surface area contributed by atoms with Crippen LogP contribution in [0.1, 0.15) is 22.5 Å². The molecule has 0 amide bonds. The van der Waals surface area contributed by atoms with Crippen molar-refractivity contribution in [1.82, 2.24) is 4.98 Å². The topological polar surface area (TPSA) is 73.1 Å². The summed E-state index contributed by atoms with van der Waals surface area (Å²) in [6.07, 6.45) is -2.81. The van der Waals surface area contributed by atoms with Crippen LogP contribution in [0.5, 0.6) is 0 Å². The maximum atomic E-state index is 12.2. The minimum atomic E-state index is -2.87. The van der Waals surface area contributed by atoms with Gasteiger partial charge in [-0.3, -0.25) is 4.79 Å². The first kappa shape index (κ1) is 10.2. The Labute approximate surface area is 76.5 Å². The van der Waals surface area contributed by atoms with Crippen LogP contribution >= 0.6 is 0 Å². The highest BCUT2D eigenvalue weighted by Gasteiger charge is 2.20. The lowest BCUT2D eigenvalue weighted by Gasteiger charge is -1.98. The molecule has 0 aliphatic carbocycles. The van der Waals surface area contributed by atoms with Gasteiger partial charge in [0.05, 0.1) is 5.56 Å². The van der Waals surface area contributed by atoms with Crippen LogP contribution in [0.25, 0.3) is 0 Å². The van der Waals surface area contributed by atoms with Crippen LogP contribution in [-0.4, -0.2) is 16.2 Å². The smallest absolute Gasteiger partial charge is 0.358 e. The number of rotatable bonds is 3. The monoisotopic (exact) mass is 202 g/mol. The summed E-state index contributed by atoms with van der Waals surface area (Å²) in [6, 6.07) is 1.65. The number of nitro groups is 1. The maximum Gasteiger partial charge on any atom is 0.364 e. The minimum absolute atomic E-state index is 0.0640. The van der Waals surface area contributed by atoms with Crippen molar-refractivity contribution < 1.29 is 18.5 Å². The Balaban J connectivity index is 3.25. The first-order valence-corrected chi connectivity index (χ1v) is 3.45. The van der Waals surface area contributed by atoms with E-state index in [9.17, 15) is 23.7 Å². The van der Waals surface area contributed by atoms with Gasteiger partial charge in [0.15, 0.2) is 6.29 Å². The molecule has 0 unspecified atom stereocenters. The third-order valence-corrected chi connectivity index (χ3v) is 1.48. The van der Waals surface area contributed by atoms with Gasteiger partial charge in [-0.25, -0.2) is 8.78 Å². The van der Waals surface area contributed by atoms with Gasteiger partial charge in [-0.1, -0.05) is 0 Å². The number of hydrogen-bond acceptors (Lipinski definition) is 4. The molecule has 0 spiro atoms. The fourth-order valence-corrected chi connectivity index (χ4v) is 0.856. The quantitative estimate of drug-likeness (QED) is 0.425. The van der Waals surface area contributed by atoms with Crippen LogP contribution in [0.2, 0.25) is 0 Å². The van der Waals surface area contributed by atoms with Gasteiger partial charge in [0.25, 0.3) is 6.43 Å². The molecule has 0 fully saturated rings. The van der Waals surface area contributed by atoms with E-state index in [0.29, 0.717) is 0 Å². The molecule has 0 saturated heterocycles. The molecule has 1 heterocycles. The molecular weight excluding hydrogens is 198 g/mol. The molecule has 0 aliphatic heterocycles. The summed E-state index contributed by atoms with van der Waals surface area (Å²) in [6.45, 7) is 0. The average molecular weight is 202 g/mol. The lowest BCUT2D eigenvalue weighted by atomic mass is 10.2. The van der Waals surface area contributed by atoms with Crippen LogP contribution in [0.3, 0.4) is 0 Å². The number of pyridine rings is 1. The number of nitrogens with zero attached hydrogens (tertiary/aromatic N) is 2. The number of halogens is 2. The minimum Gasteiger partial charge on any atom is -0.358 e. The van der Waals surface area contributed by atoms with Gasteiger partial charge < -0.3 is 10.1 Å². The van der Waals surface area contributed by atoms with E-state index in [1.54, 1.807) is 0 Å². The lowest BCUT2D eigenvalue weighted by Crippen LogP contribution is -2.00. The molecule has 74 valence electrons. The van der Waals surface area contributed by atoms with Crippen molar-refractivity contribution in [3.05, 3.63) is 33.5 Å². The zero-order valence-electron chi connectivity index (χ0n) is 6.68. The number of aldehydes is 1. The number of alkyl halides is 2. The van der Waals surface area contributed by atoms with Gasteiger partial charge in [-0.15, -0.1) is 0 Å². The summed E-state index contributed by atoms with van der Waals surface area (Å²) in [5.41, 5.74) is -1.21. The maximum absolute atomic E-state index is 12.2. The Kier molecular flexibility index (Phi) is 2.80. The van der Waals surface area contributed by atoms with Crippen LogP contribution < -0.4 is 0 Å². The highest BCUT2D eigenvalue weighted by molar-refractivity contribution is 5.74.